The summed E-state index contributed by atoms with van der Waals surface area (Å²) in [5, 5.41) is 8.66. The van der Waals surface area contributed by atoms with Crippen LogP contribution in [-0.4, -0.2) is 11.7 Å². The molecule has 1 aromatic rings. The van der Waals surface area contributed by atoms with Crippen molar-refractivity contribution in [2.24, 2.45) is 5.73 Å². The monoisotopic (exact) mass is 223 g/mol. The Morgan fingerprint density at radius 2 is 1.93 bits per heavy atom. The molecule has 1 atom stereocenters. The highest BCUT2D eigenvalue weighted by Gasteiger charge is 2.34. The number of aliphatic hydroxyl groups excluding tert-OH is 1. The number of hydrogen-bond donors (Lipinski definition) is 2. The molecular weight excluding hydrogens is 214 g/mol. The van der Waals surface area contributed by atoms with Crippen LogP contribution in [0.15, 0.2) is 18.2 Å². The van der Waals surface area contributed by atoms with Gasteiger partial charge in [-0.15, -0.1) is 0 Å². The first kappa shape index (κ1) is 11.9. The van der Waals surface area contributed by atoms with E-state index in [0.717, 1.165) is 12.1 Å². The average molecular weight is 223 g/mol. The standard InChI is InChI=1S/C9H9F4NO/c10-5-1-2-6(8(14)4-15)7(3-5)9(11,12)13/h1-3,8,15H,4,14H2/t8-/m1/s1. The third-order valence-corrected chi connectivity index (χ3v) is 1.92. The van der Waals surface area contributed by atoms with E-state index < -0.39 is 30.2 Å². The van der Waals surface area contributed by atoms with Crippen LogP contribution in [0.2, 0.25) is 0 Å². The van der Waals surface area contributed by atoms with Crippen LogP contribution in [0.25, 0.3) is 0 Å². The summed E-state index contributed by atoms with van der Waals surface area (Å²) in [6.07, 6.45) is -4.68. The molecule has 0 unspecified atom stereocenters. The molecule has 0 radical (unpaired) electrons. The number of rotatable bonds is 2. The van der Waals surface area contributed by atoms with Gasteiger partial charge in [0.25, 0.3) is 0 Å². The van der Waals surface area contributed by atoms with Crippen LogP contribution in [0.3, 0.4) is 0 Å². The number of nitrogens with two attached hydrogens (primary N) is 1. The second-order valence-corrected chi connectivity index (χ2v) is 3.02. The lowest BCUT2D eigenvalue weighted by Crippen LogP contribution is -2.20. The number of halogens is 4. The van der Waals surface area contributed by atoms with E-state index in [-0.39, 0.29) is 5.56 Å². The molecule has 84 valence electrons. The Morgan fingerprint density at radius 1 is 1.33 bits per heavy atom. The second kappa shape index (κ2) is 4.16. The summed E-state index contributed by atoms with van der Waals surface area (Å²) in [7, 11) is 0. The summed E-state index contributed by atoms with van der Waals surface area (Å²) in [4.78, 5) is 0. The summed E-state index contributed by atoms with van der Waals surface area (Å²) < 4.78 is 49.9. The van der Waals surface area contributed by atoms with Crippen molar-refractivity contribution in [3.63, 3.8) is 0 Å². The maximum absolute atomic E-state index is 12.6. The minimum absolute atomic E-state index is 0.314. The molecule has 0 aliphatic rings. The molecule has 15 heavy (non-hydrogen) atoms. The van der Waals surface area contributed by atoms with Crippen molar-refractivity contribution >= 4 is 0 Å². The molecule has 2 nitrogen and oxygen atoms in total. The molecule has 0 saturated heterocycles. The lowest BCUT2D eigenvalue weighted by Gasteiger charge is -2.16. The topological polar surface area (TPSA) is 46.2 Å². The predicted octanol–water partition coefficient (Wildman–Crippen LogP) is 1.84. The zero-order chi connectivity index (χ0) is 11.6. The molecule has 1 rings (SSSR count). The van der Waals surface area contributed by atoms with Crippen LogP contribution < -0.4 is 5.73 Å². The van der Waals surface area contributed by atoms with Gasteiger partial charge in [-0.05, 0) is 17.7 Å². The largest absolute Gasteiger partial charge is 0.416 e. The molecule has 0 bridgehead atoms. The molecule has 0 amide bonds. The van der Waals surface area contributed by atoms with E-state index in [0.29, 0.717) is 6.07 Å². The summed E-state index contributed by atoms with van der Waals surface area (Å²) in [5.41, 5.74) is 3.81. The third-order valence-electron chi connectivity index (χ3n) is 1.92. The summed E-state index contributed by atoms with van der Waals surface area (Å²) in [6.45, 7) is -0.630. The number of benzene rings is 1. The Labute approximate surface area is 83.3 Å². The van der Waals surface area contributed by atoms with Gasteiger partial charge in [-0.25, -0.2) is 4.39 Å². The maximum Gasteiger partial charge on any atom is 0.416 e. The Bertz CT molecular complexity index is 350. The van der Waals surface area contributed by atoms with Crippen molar-refractivity contribution in [3.8, 4) is 0 Å². The first-order valence-electron chi connectivity index (χ1n) is 4.09. The average Bonchev–Trinajstić information content (AvgIpc) is 2.15. The van der Waals surface area contributed by atoms with E-state index >= 15 is 0 Å². The fourth-order valence-electron chi connectivity index (χ4n) is 1.20. The highest BCUT2D eigenvalue weighted by molar-refractivity contribution is 5.32. The smallest absolute Gasteiger partial charge is 0.394 e. The van der Waals surface area contributed by atoms with Gasteiger partial charge >= 0.3 is 6.18 Å². The predicted molar refractivity (Wildman–Crippen MR) is 45.4 cm³/mol. The van der Waals surface area contributed by atoms with Crippen LogP contribution in [0.4, 0.5) is 17.6 Å². The quantitative estimate of drug-likeness (QED) is 0.751. The molecule has 0 fully saturated rings. The van der Waals surface area contributed by atoms with Gasteiger partial charge < -0.3 is 10.8 Å². The van der Waals surface area contributed by atoms with E-state index in [1.54, 1.807) is 0 Å². The fraction of sp³-hybridized carbons (Fsp3) is 0.333. The number of alkyl halides is 3. The zero-order valence-corrected chi connectivity index (χ0v) is 7.55. The molecule has 0 saturated carbocycles. The van der Waals surface area contributed by atoms with Crippen LogP contribution in [0, 0.1) is 5.82 Å². The molecule has 0 heterocycles. The van der Waals surface area contributed by atoms with Crippen LogP contribution in [0.1, 0.15) is 17.2 Å². The molecule has 6 heteroatoms. The minimum Gasteiger partial charge on any atom is -0.394 e. The van der Waals surface area contributed by atoms with Gasteiger partial charge in [-0.1, -0.05) is 6.07 Å². The Kier molecular flexibility index (Phi) is 3.31. The van der Waals surface area contributed by atoms with Gasteiger partial charge in [-0.3, -0.25) is 0 Å². The van der Waals surface area contributed by atoms with E-state index in [4.69, 9.17) is 10.8 Å². The van der Waals surface area contributed by atoms with Crippen molar-refractivity contribution in [1.82, 2.24) is 0 Å². The summed E-state index contributed by atoms with van der Waals surface area (Å²) in [6, 6.07) is 1.01. The van der Waals surface area contributed by atoms with Crippen LogP contribution in [-0.2, 0) is 6.18 Å². The first-order chi connectivity index (χ1) is 6.86. The van der Waals surface area contributed by atoms with E-state index in [1.807, 2.05) is 0 Å². The molecule has 0 aliphatic carbocycles. The SMILES string of the molecule is N[C@H](CO)c1ccc(F)cc1C(F)(F)F. The maximum atomic E-state index is 12.6. The highest BCUT2D eigenvalue weighted by atomic mass is 19.4. The van der Waals surface area contributed by atoms with Crippen molar-refractivity contribution in [3.05, 3.63) is 35.1 Å². The lowest BCUT2D eigenvalue weighted by molar-refractivity contribution is -0.138. The van der Waals surface area contributed by atoms with Gasteiger partial charge in [0.15, 0.2) is 0 Å². The zero-order valence-electron chi connectivity index (χ0n) is 7.55. The van der Waals surface area contributed by atoms with Crippen LogP contribution >= 0.6 is 0 Å². The molecule has 0 aromatic heterocycles. The normalized spacial score (nSPS) is 14.0. The Hall–Kier alpha value is -1.14. The van der Waals surface area contributed by atoms with E-state index in [2.05, 4.69) is 0 Å². The molecule has 0 spiro atoms. The van der Waals surface area contributed by atoms with Gasteiger partial charge in [-0.2, -0.15) is 13.2 Å². The van der Waals surface area contributed by atoms with Gasteiger partial charge in [0.1, 0.15) is 5.82 Å². The lowest BCUT2D eigenvalue weighted by atomic mass is 10.0. The van der Waals surface area contributed by atoms with Crippen molar-refractivity contribution in [2.45, 2.75) is 12.2 Å². The summed E-state index contributed by atoms with van der Waals surface area (Å²) >= 11 is 0. The number of hydrogen-bond acceptors (Lipinski definition) is 2. The van der Waals surface area contributed by atoms with Gasteiger partial charge in [0.2, 0.25) is 0 Å². The molecular formula is C9H9F4NO. The van der Waals surface area contributed by atoms with Crippen molar-refractivity contribution < 1.29 is 22.7 Å². The molecule has 0 aliphatic heterocycles. The first-order valence-corrected chi connectivity index (χ1v) is 4.09. The molecule has 3 N–H and O–H groups in total. The highest BCUT2D eigenvalue weighted by Crippen LogP contribution is 2.34. The Morgan fingerprint density at radius 3 is 2.40 bits per heavy atom. The summed E-state index contributed by atoms with van der Waals surface area (Å²) in [5.74, 6) is -0.990. The number of aliphatic hydroxyl groups is 1. The van der Waals surface area contributed by atoms with E-state index in [1.165, 1.54) is 0 Å². The molecule has 1 aromatic carbocycles. The minimum atomic E-state index is -4.68. The second-order valence-electron chi connectivity index (χ2n) is 3.02. The fourth-order valence-corrected chi connectivity index (χ4v) is 1.20. The van der Waals surface area contributed by atoms with Gasteiger partial charge in [0.05, 0.1) is 18.2 Å². The van der Waals surface area contributed by atoms with Crippen molar-refractivity contribution in [2.75, 3.05) is 6.61 Å². The van der Waals surface area contributed by atoms with E-state index in [9.17, 15) is 17.6 Å². The van der Waals surface area contributed by atoms with Crippen LogP contribution in [0.5, 0.6) is 0 Å². The third kappa shape index (κ3) is 2.66. The van der Waals surface area contributed by atoms with Gasteiger partial charge in [0, 0.05) is 0 Å². The Balaban J connectivity index is 3.27. The van der Waals surface area contributed by atoms with Crippen molar-refractivity contribution in [1.29, 1.82) is 0 Å².